The molecular weight excluding hydrogens is 408 g/mol. The van der Waals surface area contributed by atoms with Gasteiger partial charge in [0.25, 0.3) is 5.91 Å². The van der Waals surface area contributed by atoms with E-state index in [1.165, 1.54) is 17.7 Å². The maximum absolute atomic E-state index is 13.4. The van der Waals surface area contributed by atoms with Crippen molar-refractivity contribution in [2.24, 2.45) is 0 Å². The zero-order valence-corrected chi connectivity index (χ0v) is 18.8. The molecule has 0 aliphatic heterocycles. The average molecular weight is 433 g/mol. The average Bonchev–Trinajstić information content (AvgIpc) is 3.38. The second kappa shape index (κ2) is 7.53. The normalized spacial score (nSPS) is 14.7. The van der Waals surface area contributed by atoms with Crippen LogP contribution in [0.5, 0.6) is 0 Å². The van der Waals surface area contributed by atoms with Gasteiger partial charge in [-0.2, -0.15) is 5.10 Å². The van der Waals surface area contributed by atoms with Gasteiger partial charge in [0.2, 0.25) is 0 Å². The molecule has 0 spiro atoms. The smallest absolute Gasteiger partial charge is 0.264 e. The molecular formula is C23H24N6OS. The summed E-state index contributed by atoms with van der Waals surface area (Å²) in [6.07, 6.45) is 5.50. The number of carbonyl (C=O) groups excluding carboxylic acids is 1. The summed E-state index contributed by atoms with van der Waals surface area (Å²) in [4.78, 5) is 30.4. The van der Waals surface area contributed by atoms with Crippen LogP contribution in [0, 0.1) is 13.8 Å². The van der Waals surface area contributed by atoms with Crippen LogP contribution in [-0.4, -0.2) is 42.6 Å². The number of hydrogen-bond donors (Lipinski definition) is 0. The molecule has 0 radical (unpaired) electrons. The van der Waals surface area contributed by atoms with Crippen molar-refractivity contribution in [3.05, 3.63) is 64.4 Å². The number of rotatable bonds is 5. The summed E-state index contributed by atoms with van der Waals surface area (Å²) in [6.45, 7) is 6.07. The third kappa shape index (κ3) is 3.50. The number of aromatic nitrogens is 5. The zero-order chi connectivity index (χ0) is 21.7. The van der Waals surface area contributed by atoms with Gasteiger partial charge in [0.1, 0.15) is 23.3 Å². The van der Waals surface area contributed by atoms with Gasteiger partial charge in [0.15, 0.2) is 0 Å². The molecule has 1 aromatic carbocycles. The highest BCUT2D eigenvalue weighted by Gasteiger charge is 2.29. The van der Waals surface area contributed by atoms with E-state index in [0.717, 1.165) is 56.3 Å². The number of amides is 1. The van der Waals surface area contributed by atoms with Crippen LogP contribution in [0.3, 0.4) is 0 Å². The first-order chi connectivity index (χ1) is 14.9. The van der Waals surface area contributed by atoms with Crippen LogP contribution in [0.15, 0.2) is 36.9 Å². The Kier molecular flexibility index (Phi) is 4.81. The molecule has 0 bridgehead atoms. The van der Waals surface area contributed by atoms with Gasteiger partial charge in [-0.1, -0.05) is 12.1 Å². The van der Waals surface area contributed by atoms with Crippen LogP contribution in [0.25, 0.3) is 15.9 Å². The lowest BCUT2D eigenvalue weighted by Crippen LogP contribution is -2.29. The highest BCUT2D eigenvalue weighted by atomic mass is 32.1. The molecule has 1 aliphatic rings. The first-order valence-corrected chi connectivity index (χ1v) is 11.3. The van der Waals surface area contributed by atoms with E-state index in [-0.39, 0.29) is 11.9 Å². The molecule has 0 saturated heterocycles. The minimum Gasteiger partial charge on any atom is -0.334 e. The Hall–Kier alpha value is -3.13. The van der Waals surface area contributed by atoms with Crippen molar-refractivity contribution in [3.63, 3.8) is 0 Å². The van der Waals surface area contributed by atoms with Crippen LogP contribution < -0.4 is 0 Å². The monoisotopic (exact) mass is 432 g/mol. The number of aryl methyl sites for hydroxylation is 2. The summed E-state index contributed by atoms with van der Waals surface area (Å²) in [5.74, 6) is 1.44. The van der Waals surface area contributed by atoms with Gasteiger partial charge in [-0.25, -0.2) is 19.6 Å². The lowest BCUT2D eigenvalue weighted by atomic mass is 10.1. The fourth-order valence-electron chi connectivity index (χ4n) is 3.89. The van der Waals surface area contributed by atoms with E-state index in [0.29, 0.717) is 5.92 Å². The first-order valence-electron chi connectivity index (χ1n) is 10.4. The number of thiophene rings is 1. The van der Waals surface area contributed by atoms with Crippen molar-refractivity contribution in [1.82, 2.24) is 29.6 Å². The van der Waals surface area contributed by atoms with Gasteiger partial charge in [0, 0.05) is 18.4 Å². The van der Waals surface area contributed by atoms with Crippen LogP contribution in [0.1, 0.15) is 64.0 Å². The zero-order valence-electron chi connectivity index (χ0n) is 18.0. The molecule has 1 fully saturated rings. The maximum Gasteiger partial charge on any atom is 0.264 e. The van der Waals surface area contributed by atoms with E-state index in [2.05, 4.69) is 10.1 Å². The SMILES string of the molecule is Cc1nc(C2CC2)nc2sc(C(=O)N(C)[C@H](C)c3ccc(-n4cncn4)cc3)c(C)c12. The van der Waals surface area contributed by atoms with Crippen LogP contribution >= 0.6 is 11.3 Å². The maximum atomic E-state index is 13.4. The van der Waals surface area contributed by atoms with E-state index >= 15 is 0 Å². The Morgan fingerprint density at radius 2 is 1.94 bits per heavy atom. The lowest BCUT2D eigenvalue weighted by Gasteiger charge is -2.25. The number of hydrogen-bond acceptors (Lipinski definition) is 6. The topological polar surface area (TPSA) is 76.8 Å². The molecule has 1 aliphatic carbocycles. The summed E-state index contributed by atoms with van der Waals surface area (Å²) in [5.41, 5.74) is 3.94. The molecule has 158 valence electrons. The van der Waals surface area contributed by atoms with Crippen molar-refractivity contribution >= 4 is 27.5 Å². The highest BCUT2D eigenvalue weighted by Crippen LogP contribution is 2.40. The largest absolute Gasteiger partial charge is 0.334 e. The Bertz CT molecular complexity index is 1260. The summed E-state index contributed by atoms with van der Waals surface area (Å²) >= 11 is 1.49. The van der Waals surface area contributed by atoms with Crippen molar-refractivity contribution in [2.75, 3.05) is 7.05 Å². The Morgan fingerprint density at radius 1 is 1.19 bits per heavy atom. The minimum absolute atomic E-state index is 0.0146. The van der Waals surface area contributed by atoms with Gasteiger partial charge in [0.05, 0.1) is 22.3 Å². The molecule has 8 heteroatoms. The second-order valence-corrected chi connectivity index (χ2v) is 9.20. The molecule has 3 heterocycles. The molecule has 7 nitrogen and oxygen atoms in total. The fourth-order valence-corrected chi connectivity index (χ4v) is 5.12. The van der Waals surface area contributed by atoms with Gasteiger partial charge < -0.3 is 4.90 Å². The third-order valence-corrected chi connectivity index (χ3v) is 7.26. The second-order valence-electron chi connectivity index (χ2n) is 8.20. The number of nitrogens with zero attached hydrogens (tertiary/aromatic N) is 6. The molecule has 0 unspecified atom stereocenters. The number of benzene rings is 1. The summed E-state index contributed by atoms with van der Waals surface area (Å²) < 4.78 is 1.71. The Morgan fingerprint density at radius 3 is 2.58 bits per heavy atom. The van der Waals surface area contributed by atoms with Crippen LogP contribution in [0.4, 0.5) is 0 Å². The Balaban J connectivity index is 1.42. The van der Waals surface area contributed by atoms with Gasteiger partial charge >= 0.3 is 0 Å². The molecule has 1 saturated carbocycles. The minimum atomic E-state index is -0.0730. The van der Waals surface area contributed by atoms with Crippen molar-refractivity contribution < 1.29 is 4.79 Å². The van der Waals surface area contributed by atoms with E-state index in [1.807, 2.05) is 52.1 Å². The quantitative estimate of drug-likeness (QED) is 0.461. The van der Waals surface area contributed by atoms with E-state index in [9.17, 15) is 4.79 Å². The Labute approximate surface area is 184 Å². The molecule has 31 heavy (non-hydrogen) atoms. The van der Waals surface area contributed by atoms with Gasteiger partial charge in [-0.3, -0.25) is 4.79 Å². The van der Waals surface area contributed by atoms with Gasteiger partial charge in [-0.05, 0) is 56.9 Å². The first kappa shape index (κ1) is 19.8. The lowest BCUT2D eigenvalue weighted by molar-refractivity contribution is 0.0747. The van der Waals surface area contributed by atoms with Crippen LogP contribution in [0.2, 0.25) is 0 Å². The molecule has 0 N–H and O–H groups in total. The van der Waals surface area contributed by atoms with Crippen molar-refractivity contribution in [3.8, 4) is 5.69 Å². The van der Waals surface area contributed by atoms with Crippen LogP contribution in [-0.2, 0) is 0 Å². The standard InChI is InChI=1S/C23H24N6OS/c1-13-19-14(2)26-21(17-5-6-17)27-22(19)31-20(13)23(30)28(4)15(3)16-7-9-18(10-8-16)29-12-24-11-25-29/h7-12,15,17H,5-6H2,1-4H3/t15-/m1/s1. The summed E-state index contributed by atoms with van der Waals surface area (Å²) in [6, 6.07) is 7.96. The highest BCUT2D eigenvalue weighted by molar-refractivity contribution is 7.20. The molecule has 5 rings (SSSR count). The predicted molar refractivity (Wildman–Crippen MR) is 121 cm³/mol. The summed E-state index contributed by atoms with van der Waals surface area (Å²) in [7, 11) is 1.86. The van der Waals surface area contributed by atoms with E-state index < -0.39 is 0 Å². The summed E-state index contributed by atoms with van der Waals surface area (Å²) in [5, 5.41) is 5.18. The molecule has 1 amide bonds. The molecule has 1 atom stereocenters. The fraction of sp³-hybridized carbons (Fsp3) is 0.348. The van der Waals surface area contributed by atoms with Crippen molar-refractivity contribution in [1.29, 1.82) is 0 Å². The molecule has 4 aromatic rings. The molecule has 3 aromatic heterocycles. The number of carbonyl (C=O) groups is 1. The van der Waals surface area contributed by atoms with E-state index in [1.54, 1.807) is 15.9 Å². The van der Waals surface area contributed by atoms with E-state index in [4.69, 9.17) is 9.97 Å². The predicted octanol–water partition coefficient (Wildman–Crippen LogP) is 4.60. The third-order valence-electron chi connectivity index (χ3n) is 6.09. The van der Waals surface area contributed by atoms with Crippen molar-refractivity contribution in [2.45, 2.75) is 45.6 Å². The number of fused-ring (bicyclic) bond motifs is 1. The van der Waals surface area contributed by atoms with Gasteiger partial charge in [-0.15, -0.1) is 11.3 Å².